The molecule has 1 atom stereocenters. The van der Waals surface area contributed by atoms with Crippen molar-refractivity contribution >= 4 is 28.5 Å². The number of para-hydroxylation sites is 1. The molecule has 0 aliphatic rings. The molecule has 0 radical (unpaired) electrons. The quantitative estimate of drug-likeness (QED) is 0.732. The molecule has 126 valence electrons. The topological polar surface area (TPSA) is 90.4 Å². The second kappa shape index (κ2) is 7.02. The van der Waals surface area contributed by atoms with Crippen molar-refractivity contribution in [2.75, 3.05) is 6.61 Å². The van der Waals surface area contributed by atoms with Crippen molar-refractivity contribution in [3.05, 3.63) is 46.8 Å². The highest BCUT2D eigenvalue weighted by Crippen LogP contribution is 2.26. The number of carbonyl (C=O) groups excluding carboxylic acids is 1. The first-order valence-corrected chi connectivity index (χ1v) is 7.86. The Morgan fingerprint density at radius 1 is 1.46 bits per heavy atom. The summed E-state index contributed by atoms with van der Waals surface area (Å²) in [4.78, 5) is 16.4. The Morgan fingerprint density at radius 3 is 3.04 bits per heavy atom. The van der Waals surface area contributed by atoms with Crippen LogP contribution in [-0.2, 0) is 11.3 Å². The van der Waals surface area contributed by atoms with E-state index in [4.69, 9.17) is 25.3 Å². The number of benzene rings is 1. The molecule has 0 aliphatic heterocycles. The van der Waals surface area contributed by atoms with Crippen molar-refractivity contribution in [1.82, 2.24) is 15.5 Å². The Balaban J connectivity index is 1.65. The Hall–Kier alpha value is -2.38. The highest BCUT2D eigenvalue weighted by Gasteiger charge is 2.17. The summed E-state index contributed by atoms with van der Waals surface area (Å²) in [6.07, 6.45) is -0.263. The fraction of sp³-hybridized carbons (Fsp3) is 0.312. The molecule has 0 aliphatic carbocycles. The predicted octanol–water partition coefficient (Wildman–Crippen LogP) is 3.50. The van der Waals surface area contributed by atoms with Crippen LogP contribution in [-0.4, -0.2) is 22.7 Å². The van der Waals surface area contributed by atoms with Crippen LogP contribution in [0.25, 0.3) is 11.0 Å². The summed E-state index contributed by atoms with van der Waals surface area (Å²) in [5.74, 6) is 0.510. The van der Waals surface area contributed by atoms with Gasteiger partial charge in [-0.2, -0.15) is 4.98 Å². The van der Waals surface area contributed by atoms with Crippen molar-refractivity contribution in [2.24, 2.45) is 0 Å². The number of nitrogens with one attached hydrogen (secondary N) is 1. The largest absolute Gasteiger partial charge is 0.449 e. The maximum absolute atomic E-state index is 12.2. The summed E-state index contributed by atoms with van der Waals surface area (Å²) in [7, 11) is 0. The van der Waals surface area contributed by atoms with Gasteiger partial charge >= 0.3 is 0 Å². The summed E-state index contributed by atoms with van der Waals surface area (Å²) in [5.41, 5.74) is 0.481. The van der Waals surface area contributed by atoms with Gasteiger partial charge in [0.2, 0.25) is 5.89 Å². The number of halogens is 1. The minimum absolute atomic E-state index is 0.0927. The van der Waals surface area contributed by atoms with Crippen molar-refractivity contribution < 1.29 is 18.5 Å². The number of nitrogens with zero attached hydrogens (tertiary/aromatic N) is 2. The molecule has 2 heterocycles. The van der Waals surface area contributed by atoms with Crippen LogP contribution in [0.15, 0.2) is 33.2 Å². The van der Waals surface area contributed by atoms with Crippen LogP contribution < -0.4 is 5.32 Å². The number of amides is 1. The molecule has 24 heavy (non-hydrogen) atoms. The molecule has 0 saturated heterocycles. The van der Waals surface area contributed by atoms with Gasteiger partial charge in [-0.25, -0.2) is 0 Å². The van der Waals surface area contributed by atoms with Crippen LogP contribution in [0.5, 0.6) is 0 Å². The second-order valence-corrected chi connectivity index (χ2v) is 5.50. The third-order valence-corrected chi connectivity index (χ3v) is 3.68. The predicted molar refractivity (Wildman–Crippen MR) is 86.7 cm³/mol. The van der Waals surface area contributed by atoms with Gasteiger partial charge in [0.25, 0.3) is 5.91 Å². The Morgan fingerprint density at radius 2 is 2.29 bits per heavy atom. The lowest BCUT2D eigenvalue weighted by molar-refractivity contribution is 0.0683. The van der Waals surface area contributed by atoms with Crippen molar-refractivity contribution in [3.63, 3.8) is 0 Å². The lowest BCUT2D eigenvalue weighted by Gasteiger charge is -2.04. The summed E-state index contributed by atoms with van der Waals surface area (Å²) in [5, 5.41) is 7.71. The molecule has 1 amide bonds. The third kappa shape index (κ3) is 3.42. The molecule has 1 unspecified atom stereocenters. The van der Waals surface area contributed by atoms with E-state index in [1.165, 1.54) is 0 Å². The summed E-state index contributed by atoms with van der Waals surface area (Å²) < 4.78 is 16.0. The standard InChI is InChI=1S/C16H16ClN3O4/c1-3-22-9(2)15-19-13(24-20-15)8-18-16(21)12-7-10-5-4-6-11(17)14(10)23-12/h4-7,9H,3,8H2,1-2H3,(H,18,21). The second-order valence-electron chi connectivity index (χ2n) is 5.10. The molecule has 0 fully saturated rings. The molecule has 7 nitrogen and oxygen atoms in total. The Bertz CT molecular complexity index is 858. The first-order valence-electron chi connectivity index (χ1n) is 7.48. The summed E-state index contributed by atoms with van der Waals surface area (Å²) in [6, 6.07) is 6.95. The molecule has 3 aromatic rings. The number of ether oxygens (including phenoxy) is 1. The Labute approximate surface area is 142 Å². The van der Waals surface area contributed by atoms with Gasteiger partial charge < -0.3 is 19.0 Å². The molecular weight excluding hydrogens is 334 g/mol. The van der Waals surface area contributed by atoms with E-state index in [0.717, 1.165) is 5.39 Å². The van der Waals surface area contributed by atoms with Gasteiger partial charge in [-0.3, -0.25) is 4.79 Å². The van der Waals surface area contributed by atoms with Gasteiger partial charge in [0.05, 0.1) is 11.6 Å². The smallest absolute Gasteiger partial charge is 0.287 e. The number of aromatic nitrogens is 2. The van der Waals surface area contributed by atoms with Crippen LogP contribution in [0.1, 0.15) is 42.2 Å². The molecule has 3 rings (SSSR count). The van der Waals surface area contributed by atoms with Crippen LogP contribution in [0.4, 0.5) is 0 Å². The highest BCUT2D eigenvalue weighted by atomic mass is 35.5. The van der Waals surface area contributed by atoms with E-state index in [9.17, 15) is 4.79 Å². The van der Waals surface area contributed by atoms with Gasteiger partial charge in [-0.1, -0.05) is 28.9 Å². The summed E-state index contributed by atoms with van der Waals surface area (Å²) in [6.45, 7) is 4.36. The van der Waals surface area contributed by atoms with Gasteiger partial charge in [-0.15, -0.1) is 0 Å². The minimum atomic E-state index is -0.389. The molecule has 0 bridgehead atoms. The van der Waals surface area contributed by atoms with E-state index in [-0.39, 0.29) is 24.3 Å². The Kier molecular flexibility index (Phi) is 4.82. The fourth-order valence-corrected chi connectivity index (χ4v) is 2.43. The van der Waals surface area contributed by atoms with E-state index >= 15 is 0 Å². The number of furan rings is 1. The molecule has 0 spiro atoms. The van der Waals surface area contributed by atoms with E-state index < -0.39 is 0 Å². The van der Waals surface area contributed by atoms with Crippen molar-refractivity contribution in [3.8, 4) is 0 Å². The molecule has 1 aromatic carbocycles. The molecule has 0 saturated carbocycles. The van der Waals surface area contributed by atoms with Gasteiger partial charge in [0.15, 0.2) is 17.2 Å². The molecule has 1 N–H and O–H groups in total. The van der Waals surface area contributed by atoms with Crippen molar-refractivity contribution in [1.29, 1.82) is 0 Å². The van der Waals surface area contributed by atoms with E-state index in [1.807, 2.05) is 19.9 Å². The van der Waals surface area contributed by atoms with E-state index in [2.05, 4.69) is 15.5 Å². The molecule has 8 heteroatoms. The van der Waals surface area contributed by atoms with Gasteiger partial charge in [-0.05, 0) is 26.0 Å². The number of hydrogen-bond acceptors (Lipinski definition) is 6. The van der Waals surface area contributed by atoms with Crippen LogP contribution in [0.3, 0.4) is 0 Å². The third-order valence-electron chi connectivity index (χ3n) is 3.38. The number of rotatable bonds is 6. The fourth-order valence-electron chi connectivity index (χ4n) is 2.21. The average Bonchev–Trinajstić information content (AvgIpc) is 3.20. The normalized spacial score (nSPS) is 12.5. The van der Waals surface area contributed by atoms with Crippen LogP contribution in [0, 0.1) is 0 Å². The lowest BCUT2D eigenvalue weighted by Crippen LogP contribution is -2.22. The molecular formula is C16H16ClN3O4. The average molecular weight is 350 g/mol. The number of fused-ring (bicyclic) bond motifs is 1. The van der Waals surface area contributed by atoms with Gasteiger partial charge in [0.1, 0.15) is 6.10 Å². The van der Waals surface area contributed by atoms with Crippen LogP contribution >= 0.6 is 11.6 Å². The zero-order valence-corrected chi connectivity index (χ0v) is 14.0. The van der Waals surface area contributed by atoms with E-state index in [0.29, 0.717) is 28.9 Å². The maximum Gasteiger partial charge on any atom is 0.287 e. The first-order chi connectivity index (χ1) is 11.6. The van der Waals surface area contributed by atoms with E-state index in [1.54, 1.807) is 18.2 Å². The zero-order chi connectivity index (χ0) is 17.1. The number of hydrogen-bond donors (Lipinski definition) is 1. The summed E-state index contributed by atoms with van der Waals surface area (Å²) >= 11 is 6.04. The monoisotopic (exact) mass is 349 g/mol. The first kappa shape index (κ1) is 16.5. The SMILES string of the molecule is CCOC(C)c1noc(CNC(=O)c2cc3cccc(Cl)c3o2)n1. The van der Waals surface area contributed by atoms with Gasteiger partial charge in [0, 0.05) is 12.0 Å². The van der Waals surface area contributed by atoms with Crippen LogP contribution in [0.2, 0.25) is 5.02 Å². The highest BCUT2D eigenvalue weighted by molar-refractivity contribution is 6.34. The lowest BCUT2D eigenvalue weighted by atomic mass is 10.2. The molecule has 2 aromatic heterocycles. The maximum atomic E-state index is 12.2. The minimum Gasteiger partial charge on any atom is -0.449 e. The van der Waals surface area contributed by atoms with Crippen molar-refractivity contribution in [2.45, 2.75) is 26.5 Å². The zero-order valence-electron chi connectivity index (χ0n) is 13.2. The number of carbonyl (C=O) groups is 1.